The fourth-order valence-electron chi connectivity index (χ4n) is 0.428. The van der Waals surface area contributed by atoms with Gasteiger partial charge in [-0.2, -0.15) is 0 Å². The Kier molecular flexibility index (Phi) is 135. The Hall–Kier alpha value is 1.47. The third-order valence-electron chi connectivity index (χ3n) is 0.756. The predicted molar refractivity (Wildman–Crippen MR) is 44.5 cm³/mol. The van der Waals surface area contributed by atoms with Crippen LogP contribution in [0.2, 0.25) is 0 Å². The summed E-state index contributed by atoms with van der Waals surface area (Å²) in [5.41, 5.74) is 0. The van der Waals surface area contributed by atoms with E-state index < -0.39 is 11.6 Å². The van der Waals surface area contributed by atoms with Gasteiger partial charge in [0.25, 0.3) is 0 Å². The fraction of sp³-hybridized carbons (Fsp3) is 0. The third kappa shape index (κ3) is 90.8. The zero-order chi connectivity index (χ0) is 11.4. The van der Waals surface area contributed by atoms with Crippen LogP contribution in [-0.4, -0.2) is 16.7 Å². The predicted octanol–water partition coefficient (Wildman–Crippen LogP) is -6.49. The van der Waals surface area contributed by atoms with Crippen LogP contribution in [0.5, 0.6) is 5.75 Å². The summed E-state index contributed by atoms with van der Waals surface area (Å²) < 4.78 is 0. The zero-order valence-electron chi connectivity index (χ0n) is 11.2. The van der Waals surface area contributed by atoms with Gasteiger partial charge >= 0.3 is 97.4 Å². The van der Waals surface area contributed by atoms with Gasteiger partial charge in [-0.05, 0) is 12.1 Å². The van der Waals surface area contributed by atoms with Crippen LogP contribution in [0.15, 0.2) is 30.3 Å². The molecule has 0 unspecified atom stereocenters. The number of carbonyl (C=O) groups is 1. The second kappa shape index (κ2) is 49.6. The zero-order valence-corrected chi connectivity index (χ0v) is 28.2. The van der Waals surface area contributed by atoms with Crippen LogP contribution in [0, 0.1) is 15.3 Å². The molecule has 1 aromatic rings. The first-order chi connectivity index (χ1) is 6.54. The van der Waals surface area contributed by atoms with Crippen molar-refractivity contribution in [3.05, 3.63) is 45.7 Å². The molecular weight excluding hydrogens is 667 g/mol. The molecule has 1 rings (SSSR count). The van der Waals surface area contributed by atoms with Crippen LogP contribution in [-0.2, 0) is 102 Å². The number of carboxylic acid groups (broad SMARTS) is 1. The fourth-order valence-corrected chi connectivity index (χ4v) is 0.428. The number of para-hydroxylation sites is 1. The standard InChI is InChI=1S/C6H6O.CH2O2.FH.HI.NO3.5Zn/c7-6-4-2-1-3-5-6;2-1-3;;;2-1(3)4;;;;;/h1-5,7H;1H,(H,2,3);2*1H;;;;;;/q;;;;-1;5*+2/p-3. The van der Waals surface area contributed by atoms with Crippen LogP contribution in [0.1, 0.15) is 0 Å². The van der Waals surface area contributed by atoms with Crippen molar-refractivity contribution < 1.29 is 146 Å². The number of hydrogen-bond donors (Lipinski definition) is 1. The van der Waals surface area contributed by atoms with E-state index in [1.54, 1.807) is 24.3 Å². The van der Waals surface area contributed by atoms with E-state index in [1.165, 1.54) is 0 Å². The quantitative estimate of drug-likeness (QED) is 0.0961. The van der Waals surface area contributed by atoms with Crippen LogP contribution in [0.3, 0.4) is 0 Å². The number of phenols is 1. The van der Waals surface area contributed by atoms with Crippen molar-refractivity contribution in [1.29, 1.82) is 0 Å². The topological polar surface area (TPSA) is 127 Å². The van der Waals surface area contributed by atoms with Gasteiger partial charge in [0.1, 0.15) is 5.75 Å². The van der Waals surface area contributed by atoms with Gasteiger partial charge in [0.05, 0.1) is 5.09 Å². The average Bonchev–Trinajstić information content (AvgIpc) is 2.05. The second-order valence-corrected chi connectivity index (χ2v) is 1.66. The normalized spacial score (nSPS) is 4.57. The van der Waals surface area contributed by atoms with Gasteiger partial charge in [-0.25, -0.2) is 0 Å². The summed E-state index contributed by atoms with van der Waals surface area (Å²) in [4.78, 5) is 16.5. The molecule has 0 saturated carbocycles. The van der Waals surface area contributed by atoms with Gasteiger partial charge in [-0.1, -0.05) is 18.2 Å². The molecule has 0 atom stereocenters. The van der Waals surface area contributed by atoms with E-state index in [2.05, 4.69) is 0 Å². The summed E-state index contributed by atoms with van der Waals surface area (Å²) in [6, 6.07) is 8.71. The smallest absolute Gasteiger partial charge is 1.00 e. The van der Waals surface area contributed by atoms with Crippen molar-refractivity contribution >= 4 is 6.47 Å². The van der Waals surface area contributed by atoms with Crippen molar-refractivity contribution in [2.45, 2.75) is 0 Å². The monoisotopic (exact) mass is 667 g/mol. The Labute approximate surface area is 201 Å². The van der Waals surface area contributed by atoms with Gasteiger partial charge in [0.15, 0.2) is 0 Å². The Balaban J connectivity index is -0.0000000135. The minimum absolute atomic E-state index is 0. The first-order valence-corrected chi connectivity index (χ1v) is 3.15. The molecule has 21 heavy (non-hydrogen) atoms. The number of nitrogens with zero attached hydrogens (tertiary/aromatic N) is 1. The van der Waals surface area contributed by atoms with Gasteiger partial charge in [-0.3, -0.25) is 0 Å². The maximum absolute atomic E-state index is 8.63. The second-order valence-electron chi connectivity index (χ2n) is 1.66. The average molecular weight is 674 g/mol. The molecule has 0 spiro atoms. The minimum Gasteiger partial charge on any atom is -1.00 e. The molecule has 0 aliphatic heterocycles. The maximum Gasteiger partial charge on any atom is 2.00 e. The van der Waals surface area contributed by atoms with E-state index in [0.717, 1.165) is 0 Å². The molecule has 0 fully saturated rings. The number of aromatic hydroxyl groups is 1. The van der Waals surface area contributed by atoms with E-state index in [9.17, 15) is 0 Å². The molecule has 0 heterocycles. The van der Waals surface area contributed by atoms with E-state index in [4.69, 9.17) is 30.3 Å². The Bertz CT molecular complexity index is 273. The Morgan fingerprint density at radius 2 is 1.14 bits per heavy atom. The molecule has 0 saturated heterocycles. The molecule has 0 aliphatic rings. The SMILES string of the molecule is O=C[O-].O=[N+]([O-])[O-].Oc1ccccc1.[F-].[I-].[Zn+2].[Zn+2].[Zn+2].[Zn+2].[Zn+2]. The Morgan fingerprint density at radius 3 is 1.24 bits per heavy atom. The largest absolute Gasteiger partial charge is 2.00 e. The molecular formula is C7H7FINO6Zn5+6. The van der Waals surface area contributed by atoms with Gasteiger partial charge in [0, 0.05) is 6.47 Å². The number of phenolic OH excluding ortho intramolecular Hbond substituents is 1. The number of benzene rings is 1. The minimum atomic E-state index is -1.75. The number of hydrogen-bond acceptors (Lipinski definition) is 6. The van der Waals surface area contributed by atoms with Crippen molar-refractivity contribution in [2.24, 2.45) is 0 Å². The molecule has 14 heteroatoms. The van der Waals surface area contributed by atoms with Crippen LogP contribution in [0.25, 0.3) is 0 Å². The first-order valence-electron chi connectivity index (χ1n) is 3.15. The van der Waals surface area contributed by atoms with E-state index in [1.807, 2.05) is 6.07 Å². The molecule has 0 aliphatic carbocycles. The number of halogens is 2. The maximum atomic E-state index is 8.63. The molecule has 7 nitrogen and oxygen atoms in total. The summed E-state index contributed by atoms with van der Waals surface area (Å²) in [5, 5.41) is 31.6. The number of rotatable bonds is 0. The van der Waals surface area contributed by atoms with Crippen LogP contribution < -0.4 is 33.8 Å². The van der Waals surface area contributed by atoms with Crippen molar-refractivity contribution in [3.8, 4) is 5.75 Å². The van der Waals surface area contributed by atoms with E-state index in [-0.39, 0.29) is 126 Å². The summed E-state index contributed by atoms with van der Waals surface area (Å²) in [7, 11) is 0. The molecule has 0 bridgehead atoms. The molecule has 0 radical (unpaired) electrons. The Morgan fingerprint density at radius 1 is 0.952 bits per heavy atom. The number of carbonyl (C=O) groups excluding carboxylic acids is 1. The first kappa shape index (κ1) is 57.1. The molecule has 1 aromatic carbocycles. The summed E-state index contributed by atoms with van der Waals surface area (Å²) in [6.07, 6.45) is 0. The summed E-state index contributed by atoms with van der Waals surface area (Å²) in [5.74, 6) is 0.322. The van der Waals surface area contributed by atoms with Gasteiger partial charge in [0.2, 0.25) is 0 Å². The summed E-state index contributed by atoms with van der Waals surface area (Å²) >= 11 is 0. The molecule has 1 N–H and O–H groups in total. The van der Waals surface area contributed by atoms with Gasteiger partial charge in [-0.15, -0.1) is 0 Å². The van der Waals surface area contributed by atoms with E-state index >= 15 is 0 Å². The van der Waals surface area contributed by atoms with Crippen LogP contribution >= 0.6 is 0 Å². The van der Waals surface area contributed by atoms with Crippen molar-refractivity contribution in [1.82, 2.24) is 0 Å². The molecule has 0 aromatic heterocycles. The van der Waals surface area contributed by atoms with E-state index in [0.29, 0.717) is 5.75 Å². The third-order valence-corrected chi connectivity index (χ3v) is 0.756. The molecule has 0 amide bonds. The van der Waals surface area contributed by atoms with Crippen LogP contribution in [0.4, 0.5) is 0 Å². The summed E-state index contributed by atoms with van der Waals surface area (Å²) in [6.45, 7) is -0.500. The van der Waals surface area contributed by atoms with Crippen molar-refractivity contribution in [3.63, 3.8) is 0 Å². The van der Waals surface area contributed by atoms with Gasteiger partial charge < -0.3 is 59.0 Å². The van der Waals surface area contributed by atoms with Crippen molar-refractivity contribution in [2.75, 3.05) is 0 Å². The molecule has 94 valence electrons.